The van der Waals surface area contributed by atoms with Crippen molar-refractivity contribution in [2.75, 3.05) is 0 Å². The van der Waals surface area contributed by atoms with Crippen molar-refractivity contribution < 1.29 is 4.79 Å². The number of hydrogen-bond donors (Lipinski definition) is 0. The normalized spacial score (nSPS) is 19.0. The Bertz CT molecular complexity index is 154. The first-order valence-electron chi connectivity index (χ1n) is 3.45. The van der Waals surface area contributed by atoms with Crippen LogP contribution in [0.25, 0.3) is 0 Å². The molecule has 0 radical (unpaired) electrons. The minimum atomic E-state index is 0.352. The van der Waals surface area contributed by atoms with Crippen molar-refractivity contribution in [2.24, 2.45) is 5.92 Å². The minimum Gasteiger partial charge on any atom is -0.295 e. The Labute approximate surface area is 55.8 Å². The summed E-state index contributed by atoms with van der Waals surface area (Å²) in [5, 5.41) is 0. The zero-order chi connectivity index (χ0) is 6.85. The largest absolute Gasteiger partial charge is 0.295 e. The molecular formula is C8H12O. The fraction of sp³-hybridized carbons (Fsp3) is 0.625. The van der Waals surface area contributed by atoms with Gasteiger partial charge in [-0.15, -0.1) is 0 Å². The van der Waals surface area contributed by atoms with Crippen LogP contribution in [0.3, 0.4) is 0 Å². The zero-order valence-electron chi connectivity index (χ0n) is 5.98. The van der Waals surface area contributed by atoms with Crippen LogP contribution >= 0.6 is 0 Å². The average molecular weight is 124 g/mol. The summed E-state index contributed by atoms with van der Waals surface area (Å²) in [6.07, 6.45) is 3.77. The number of rotatable bonds is 1. The van der Waals surface area contributed by atoms with E-state index < -0.39 is 0 Å². The van der Waals surface area contributed by atoms with E-state index in [1.165, 1.54) is 0 Å². The smallest absolute Gasteiger partial charge is 0.159 e. The van der Waals surface area contributed by atoms with E-state index in [0.717, 1.165) is 18.4 Å². The van der Waals surface area contributed by atoms with Gasteiger partial charge in [0.15, 0.2) is 5.78 Å². The van der Waals surface area contributed by atoms with Crippen LogP contribution in [0.5, 0.6) is 0 Å². The molecule has 0 aromatic heterocycles. The molecule has 0 spiro atoms. The van der Waals surface area contributed by atoms with E-state index in [1.807, 2.05) is 0 Å². The Morgan fingerprint density at radius 1 is 1.56 bits per heavy atom. The van der Waals surface area contributed by atoms with Gasteiger partial charge in [-0.1, -0.05) is 19.9 Å². The van der Waals surface area contributed by atoms with Gasteiger partial charge in [0.2, 0.25) is 0 Å². The van der Waals surface area contributed by atoms with Gasteiger partial charge in [-0.25, -0.2) is 0 Å². The van der Waals surface area contributed by atoms with Crippen LogP contribution < -0.4 is 0 Å². The number of hydrogen-bond acceptors (Lipinski definition) is 1. The van der Waals surface area contributed by atoms with Crippen LogP contribution in [-0.4, -0.2) is 5.78 Å². The predicted molar refractivity (Wildman–Crippen MR) is 37.2 cm³/mol. The first kappa shape index (κ1) is 6.53. The first-order chi connectivity index (χ1) is 4.22. The monoisotopic (exact) mass is 124 g/mol. The lowest BCUT2D eigenvalue weighted by Gasteiger charge is -2.01. The molecule has 0 unspecified atom stereocenters. The third kappa shape index (κ3) is 1.21. The summed E-state index contributed by atoms with van der Waals surface area (Å²) in [4.78, 5) is 10.9. The maximum Gasteiger partial charge on any atom is 0.159 e. The van der Waals surface area contributed by atoms with E-state index in [-0.39, 0.29) is 0 Å². The molecule has 0 saturated heterocycles. The average Bonchev–Trinajstić information content (AvgIpc) is 2.13. The molecular weight excluding hydrogens is 112 g/mol. The molecule has 1 aliphatic rings. The van der Waals surface area contributed by atoms with Gasteiger partial charge in [0, 0.05) is 6.42 Å². The highest BCUT2D eigenvalue weighted by molar-refractivity contribution is 5.97. The molecule has 1 rings (SSSR count). The van der Waals surface area contributed by atoms with E-state index in [0.29, 0.717) is 11.7 Å². The standard InChI is InChI=1S/C8H12O/c1-6(2)7-4-3-5-8(7)9/h4,6H,3,5H2,1-2H3. The van der Waals surface area contributed by atoms with Crippen molar-refractivity contribution in [1.82, 2.24) is 0 Å². The molecule has 0 bridgehead atoms. The molecule has 0 aliphatic heterocycles. The van der Waals surface area contributed by atoms with Gasteiger partial charge >= 0.3 is 0 Å². The second kappa shape index (κ2) is 2.34. The quantitative estimate of drug-likeness (QED) is 0.522. The summed E-state index contributed by atoms with van der Waals surface area (Å²) < 4.78 is 0. The zero-order valence-corrected chi connectivity index (χ0v) is 5.98. The molecule has 9 heavy (non-hydrogen) atoms. The van der Waals surface area contributed by atoms with E-state index in [9.17, 15) is 4.79 Å². The Morgan fingerprint density at radius 3 is 2.44 bits per heavy atom. The highest BCUT2D eigenvalue weighted by Crippen LogP contribution is 2.20. The summed E-state index contributed by atoms with van der Waals surface area (Å²) >= 11 is 0. The molecule has 0 N–H and O–H groups in total. The van der Waals surface area contributed by atoms with Gasteiger partial charge in [0.05, 0.1) is 0 Å². The molecule has 0 aromatic rings. The Hall–Kier alpha value is -0.590. The number of ketones is 1. The fourth-order valence-corrected chi connectivity index (χ4v) is 1.17. The lowest BCUT2D eigenvalue weighted by atomic mass is 10.0. The topological polar surface area (TPSA) is 17.1 Å². The van der Waals surface area contributed by atoms with E-state index in [1.54, 1.807) is 0 Å². The SMILES string of the molecule is CC(C)C1=CCCC1=O. The molecule has 0 amide bonds. The van der Waals surface area contributed by atoms with Gasteiger partial charge in [0.25, 0.3) is 0 Å². The maximum atomic E-state index is 10.9. The van der Waals surface area contributed by atoms with E-state index in [4.69, 9.17) is 0 Å². The van der Waals surface area contributed by atoms with Gasteiger partial charge in [0.1, 0.15) is 0 Å². The van der Waals surface area contributed by atoms with Gasteiger partial charge in [-0.2, -0.15) is 0 Å². The third-order valence-electron chi connectivity index (χ3n) is 1.68. The van der Waals surface area contributed by atoms with Crippen molar-refractivity contribution in [3.05, 3.63) is 11.6 Å². The van der Waals surface area contributed by atoms with Crippen LogP contribution in [0.4, 0.5) is 0 Å². The molecule has 1 heteroatoms. The van der Waals surface area contributed by atoms with Gasteiger partial charge in [-0.05, 0) is 17.9 Å². The highest BCUT2D eigenvalue weighted by Gasteiger charge is 2.16. The second-order valence-electron chi connectivity index (χ2n) is 2.78. The first-order valence-corrected chi connectivity index (χ1v) is 3.45. The Morgan fingerprint density at radius 2 is 2.22 bits per heavy atom. The Balaban J connectivity index is 2.68. The van der Waals surface area contributed by atoms with Gasteiger partial charge in [-0.3, -0.25) is 4.79 Å². The van der Waals surface area contributed by atoms with Crippen LogP contribution in [0.15, 0.2) is 11.6 Å². The maximum absolute atomic E-state index is 10.9. The summed E-state index contributed by atoms with van der Waals surface area (Å²) in [5.74, 6) is 0.782. The van der Waals surface area contributed by atoms with Crippen molar-refractivity contribution in [1.29, 1.82) is 0 Å². The lowest BCUT2D eigenvalue weighted by molar-refractivity contribution is -0.115. The van der Waals surface area contributed by atoms with E-state index >= 15 is 0 Å². The third-order valence-corrected chi connectivity index (χ3v) is 1.68. The predicted octanol–water partition coefficient (Wildman–Crippen LogP) is 1.93. The number of allylic oxidation sites excluding steroid dienone is 2. The number of carbonyl (C=O) groups excluding carboxylic acids is 1. The molecule has 0 atom stereocenters. The van der Waals surface area contributed by atoms with Crippen molar-refractivity contribution in [2.45, 2.75) is 26.7 Å². The molecule has 0 heterocycles. The summed E-state index contributed by atoms with van der Waals surface area (Å²) in [6.45, 7) is 4.13. The van der Waals surface area contributed by atoms with Crippen molar-refractivity contribution >= 4 is 5.78 Å². The van der Waals surface area contributed by atoms with Crippen LogP contribution in [-0.2, 0) is 4.79 Å². The van der Waals surface area contributed by atoms with Gasteiger partial charge < -0.3 is 0 Å². The molecule has 1 aliphatic carbocycles. The van der Waals surface area contributed by atoms with Crippen LogP contribution in [0, 0.1) is 5.92 Å². The fourth-order valence-electron chi connectivity index (χ4n) is 1.17. The summed E-state index contributed by atoms with van der Waals surface area (Å²) in [7, 11) is 0. The van der Waals surface area contributed by atoms with Crippen LogP contribution in [0.2, 0.25) is 0 Å². The highest BCUT2D eigenvalue weighted by atomic mass is 16.1. The second-order valence-corrected chi connectivity index (χ2v) is 2.78. The minimum absolute atomic E-state index is 0.352. The molecule has 0 fully saturated rings. The molecule has 1 nitrogen and oxygen atoms in total. The van der Waals surface area contributed by atoms with Crippen molar-refractivity contribution in [3.8, 4) is 0 Å². The number of carbonyl (C=O) groups is 1. The molecule has 0 saturated carbocycles. The number of Topliss-reactive ketones (excluding diaryl/α,β-unsaturated/α-hetero) is 1. The van der Waals surface area contributed by atoms with Crippen molar-refractivity contribution in [3.63, 3.8) is 0 Å². The van der Waals surface area contributed by atoms with E-state index in [2.05, 4.69) is 19.9 Å². The Kier molecular flexibility index (Phi) is 1.70. The molecule has 0 aromatic carbocycles. The van der Waals surface area contributed by atoms with Crippen LogP contribution in [0.1, 0.15) is 26.7 Å². The summed E-state index contributed by atoms with van der Waals surface area (Å²) in [6, 6.07) is 0. The summed E-state index contributed by atoms with van der Waals surface area (Å²) in [5.41, 5.74) is 1.04. The lowest BCUT2D eigenvalue weighted by Crippen LogP contribution is -2.01. The molecule has 50 valence electrons.